The summed E-state index contributed by atoms with van der Waals surface area (Å²) in [6.45, 7) is 1.74. The summed E-state index contributed by atoms with van der Waals surface area (Å²) >= 11 is 0. The number of carbonyl (C=O) groups excluding carboxylic acids is 1. The molecule has 0 bridgehead atoms. The SMILES string of the molecule is CCCCCCCCCCCCCCCC/C=C/C(O)C(COC1OC(CO)C(OC2OC(CO)C(OC3OC(CO)C(O)C(O)C3O)C(O)C2O)C(O)C1O)NC(=O)CCCCCCCCCCCCCCCCCCCC. The number of carbonyl (C=O) groups is 1. The topological polar surface area (TPSA) is 307 Å². The second kappa shape index (κ2) is 44.1. The smallest absolute Gasteiger partial charge is 0.220 e. The Kier molecular flexibility index (Phi) is 40.1. The average molecular weight is 1140 g/mol. The minimum absolute atomic E-state index is 0.249. The maximum absolute atomic E-state index is 13.3. The first-order valence-corrected chi connectivity index (χ1v) is 31.4. The molecule has 0 aliphatic carbocycles. The molecule has 1 amide bonds. The molecule has 466 valence electrons. The Morgan fingerprint density at radius 2 is 0.785 bits per heavy atom. The minimum Gasteiger partial charge on any atom is -0.394 e. The molecular weight excluding hydrogens is 1020 g/mol. The van der Waals surface area contributed by atoms with E-state index in [-0.39, 0.29) is 18.9 Å². The van der Waals surface area contributed by atoms with Crippen molar-refractivity contribution in [2.24, 2.45) is 0 Å². The van der Waals surface area contributed by atoms with Gasteiger partial charge in [0, 0.05) is 6.42 Å². The zero-order valence-electron chi connectivity index (χ0n) is 48.6. The predicted octanol–water partition coefficient (Wildman–Crippen LogP) is 6.16. The Morgan fingerprint density at radius 3 is 1.19 bits per heavy atom. The highest BCUT2D eigenvalue weighted by atomic mass is 16.8. The number of ether oxygens (including phenoxy) is 6. The van der Waals surface area contributed by atoms with E-state index in [1.54, 1.807) is 6.08 Å². The number of amides is 1. The molecule has 3 aliphatic heterocycles. The van der Waals surface area contributed by atoms with Crippen LogP contribution in [0.15, 0.2) is 12.2 Å². The lowest BCUT2D eigenvalue weighted by molar-refractivity contribution is -0.379. The monoisotopic (exact) mass is 1140 g/mol. The van der Waals surface area contributed by atoms with Crippen LogP contribution >= 0.6 is 0 Å². The molecule has 0 aromatic carbocycles. The van der Waals surface area contributed by atoms with Gasteiger partial charge in [-0.25, -0.2) is 0 Å². The summed E-state index contributed by atoms with van der Waals surface area (Å²) in [6, 6.07) is -0.967. The molecule has 12 N–H and O–H groups in total. The molecule has 0 spiro atoms. The third-order valence-electron chi connectivity index (χ3n) is 16.1. The van der Waals surface area contributed by atoms with Crippen molar-refractivity contribution in [2.75, 3.05) is 26.4 Å². The molecule has 3 aliphatic rings. The van der Waals surface area contributed by atoms with E-state index in [0.29, 0.717) is 6.42 Å². The summed E-state index contributed by atoms with van der Waals surface area (Å²) in [7, 11) is 0. The summed E-state index contributed by atoms with van der Waals surface area (Å²) in [5, 5.41) is 120. The van der Waals surface area contributed by atoms with Crippen molar-refractivity contribution in [3.05, 3.63) is 12.2 Å². The van der Waals surface area contributed by atoms with E-state index in [2.05, 4.69) is 19.2 Å². The first kappa shape index (κ1) is 71.8. The van der Waals surface area contributed by atoms with Gasteiger partial charge in [-0.15, -0.1) is 0 Å². The van der Waals surface area contributed by atoms with E-state index in [9.17, 15) is 61.0 Å². The van der Waals surface area contributed by atoms with Crippen molar-refractivity contribution in [2.45, 2.75) is 336 Å². The molecule has 0 radical (unpaired) electrons. The third kappa shape index (κ3) is 27.9. The van der Waals surface area contributed by atoms with Crippen molar-refractivity contribution >= 4 is 5.91 Å². The molecule has 3 heterocycles. The molecule has 79 heavy (non-hydrogen) atoms. The van der Waals surface area contributed by atoms with Crippen molar-refractivity contribution in [3.63, 3.8) is 0 Å². The Hall–Kier alpha value is -1.47. The standard InChI is InChI=1S/C60H113NO18/c1-3-5-7-9-11-13-15-17-19-21-22-24-26-28-30-32-34-36-38-48(66)61-43(44(65)37-35-33-31-29-27-25-23-20-18-16-14-12-10-8-6-4-2)42-74-58-54(72)51(69)56(46(40-63)76-58)79-60-55(73)52(70)57(47(41-64)77-60)78-59-53(71)50(68)49(67)45(39-62)75-59/h35,37,43-47,49-60,62-65,67-73H,3-34,36,38-42H2,1-2H3,(H,61,66)/b37-35+. The maximum atomic E-state index is 13.3. The van der Waals surface area contributed by atoms with Crippen LogP contribution in [0.3, 0.4) is 0 Å². The zero-order valence-corrected chi connectivity index (χ0v) is 48.6. The lowest BCUT2D eigenvalue weighted by Gasteiger charge is -2.48. The quantitative estimate of drug-likeness (QED) is 0.0240. The summed E-state index contributed by atoms with van der Waals surface area (Å²) in [5.74, 6) is -0.272. The van der Waals surface area contributed by atoms with Crippen molar-refractivity contribution in [3.8, 4) is 0 Å². The van der Waals surface area contributed by atoms with Crippen LogP contribution in [0.5, 0.6) is 0 Å². The Bertz CT molecular complexity index is 1500. The van der Waals surface area contributed by atoms with Gasteiger partial charge in [-0.2, -0.15) is 0 Å². The van der Waals surface area contributed by atoms with Crippen LogP contribution in [0.1, 0.15) is 232 Å². The molecule has 0 aromatic heterocycles. The van der Waals surface area contributed by atoms with Crippen LogP contribution in [0.25, 0.3) is 0 Å². The van der Waals surface area contributed by atoms with Crippen LogP contribution in [0, 0.1) is 0 Å². The van der Waals surface area contributed by atoms with Crippen LogP contribution in [0.2, 0.25) is 0 Å². The van der Waals surface area contributed by atoms with Crippen molar-refractivity contribution in [1.29, 1.82) is 0 Å². The normalized spacial score (nSPS) is 30.3. The van der Waals surface area contributed by atoms with E-state index >= 15 is 0 Å². The van der Waals surface area contributed by atoms with E-state index in [0.717, 1.165) is 44.9 Å². The van der Waals surface area contributed by atoms with Gasteiger partial charge >= 0.3 is 0 Å². The summed E-state index contributed by atoms with van der Waals surface area (Å²) in [4.78, 5) is 13.3. The number of hydrogen-bond acceptors (Lipinski definition) is 18. The van der Waals surface area contributed by atoms with Gasteiger partial charge in [0.05, 0.1) is 38.6 Å². The van der Waals surface area contributed by atoms with Crippen molar-refractivity contribution < 1.29 is 89.4 Å². The summed E-state index contributed by atoms with van der Waals surface area (Å²) < 4.78 is 34.3. The van der Waals surface area contributed by atoms with Gasteiger partial charge in [-0.3, -0.25) is 4.79 Å². The first-order valence-electron chi connectivity index (χ1n) is 31.4. The van der Waals surface area contributed by atoms with Crippen LogP contribution in [-0.4, -0.2) is 193 Å². The number of nitrogens with one attached hydrogen (secondary N) is 1. The second-order valence-corrected chi connectivity index (χ2v) is 22.9. The number of aliphatic hydroxyl groups is 11. The Labute approximate surface area is 474 Å². The largest absolute Gasteiger partial charge is 0.394 e. The van der Waals surface area contributed by atoms with Gasteiger partial charge in [-0.05, 0) is 19.3 Å². The first-order chi connectivity index (χ1) is 38.3. The Balaban J connectivity index is 1.49. The molecule has 17 atom stereocenters. The van der Waals surface area contributed by atoms with Crippen LogP contribution in [-0.2, 0) is 33.2 Å². The van der Waals surface area contributed by atoms with E-state index in [1.165, 1.54) is 161 Å². The van der Waals surface area contributed by atoms with Gasteiger partial charge in [0.15, 0.2) is 18.9 Å². The average Bonchev–Trinajstić information content (AvgIpc) is 3.49. The van der Waals surface area contributed by atoms with Gasteiger partial charge in [0.2, 0.25) is 5.91 Å². The number of hydrogen-bond donors (Lipinski definition) is 12. The second-order valence-electron chi connectivity index (χ2n) is 22.9. The maximum Gasteiger partial charge on any atom is 0.220 e. The van der Waals surface area contributed by atoms with Gasteiger partial charge < -0.3 is 89.9 Å². The fourth-order valence-corrected chi connectivity index (χ4v) is 10.9. The van der Waals surface area contributed by atoms with Crippen LogP contribution < -0.4 is 5.32 Å². The van der Waals surface area contributed by atoms with Gasteiger partial charge in [-0.1, -0.05) is 219 Å². The van der Waals surface area contributed by atoms with E-state index < -0.39 is 124 Å². The third-order valence-corrected chi connectivity index (χ3v) is 16.1. The van der Waals surface area contributed by atoms with Gasteiger partial charge in [0.25, 0.3) is 0 Å². The number of unbranched alkanes of at least 4 members (excludes halogenated alkanes) is 31. The zero-order chi connectivity index (χ0) is 57.6. The highest BCUT2D eigenvalue weighted by Gasteiger charge is 2.53. The molecule has 0 aromatic rings. The summed E-state index contributed by atoms with van der Waals surface area (Å²) in [5.41, 5.74) is 0. The number of rotatable bonds is 47. The van der Waals surface area contributed by atoms with E-state index in [1.807, 2.05) is 6.08 Å². The molecule has 17 unspecified atom stereocenters. The number of allylic oxidation sites excluding steroid dienone is 1. The van der Waals surface area contributed by atoms with Crippen molar-refractivity contribution in [1.82, 2.24) is 5.32 Å². The molecule has 3 saturated heterocycles. The predicted molar refractivity (Wildman–Crippen MR) is 300 cm³/mol. The molecule has 3 rings (SSSR count). The molecule has 0 saturated carbocycles. The fraction of sp³-hybridized carbons (Fsp3) is 0.950. The molecule has 19 nitrogen and oxygen atoms in total. The highest BCUT2D eigenvalue weighted by molar-refractivity contribution is 5.76. The molecule has 3 fully saturated rings. The number of aliphatic hydroxyl groups excluding tert-OH is 11. The van der Waals surface area contributed by atoms with E-state index in [4.69, 9.17) is 28.4 Å². The minimum atomic E-state index is -1.97. The highest BCUT2D eigenvalue weighted by Crippen LogP contribution is 2.33. The lowest BCUT2D eigenvalue weighted by atomic mass is 9.96. The molecular formula is C60H113NO18. The lowest BCUT2D eigenvalue weighted by Crippen LogP contribution is -2.66. The molecule has 19 heteroatoms. The van der Waals surface area contributed by atoms with Gasteiger partial charge in [0.1, 0.15) is 73.2 Å². The van der Waals surface area contributed by atoms with Crippen LogP contribution in [0.4, 0.5) is 0 Å². The summed E-state index contributed by atoms with van der Waals surface area (Å²) in [6.07, 6.45) is 17.5. The fourth-order valence-electron chi connectivity index (χ4n) is 10.9. The Morgan fingerprint density at radius 1 is 0.443 bits per heavy atom.